The van der Waals surface area contributed by atoms with Crippen LogP contribution < -0.4 is 10.1 Å². The van der Waals surface area contributed by atoms with Gasteiger partial charge in [-0.15, -0.1) is 0 Å². The summed E-state index contributed by atoms with van der Waals surface area (Å²) in [5.41, 5.74) is 3.36. The van der Waals surface area contributed by atoms with E-state index in [9.17, 15) is 4.79 Å². The van der Waals surface area contributed by atoms with Crippen molar-refractivity contribution in [2.75, 3.05) is 11.9 Å². The van der Waals surface area contributed by atoms with Crippen LogP contribution in [-0.4, -0.2) is 17.5 Å². The van der Waals surface area contributed by atoms with Crippen LogP contribution in [0.5, 0.6) is 5.75 Å². The second-order valence-corrected chi connectivity index (χ2v) is 7.85. The average Bonchev–Trinajstić information content (AvgIpc) is 3.07. The van der Waals surface area contributed by atoms with Gasteiger partial charge in [0.2, 0.25) is 5.91 Å². The smallest absolute Gasteiger partial charge is 0.226 e. The van der Waals surface area contributed by atoms with Gasteiger partial charge in [-0.2, -0.15) is 0 Å². The third kappa shape index (κ3) is 5.07. The molecule has 0 aliphatic rings. The van der Waals surface area contributed by atoms with Crippen LogP contribution >= 0.6 is 11.3 Å². The SMILES string of the molecule is CCC(C)c1ccc2nc(NC(=O)CCCOc3ccccc3C)sc2c1. The highest BCUT2D eigenvalue weighted by Gasteiger charge is 2.10. The lowest BCUT2D eigenvalue weighted by Crippen LogP contribution is -2.12. The number of aromatic nitrogens is 1. The van der Waals surface area contributed by atoms with Crippen molar-refractivity contribution in [2.45, 2.75) is 46.0 Å². The zero-order valence-corrected chi connectivity index (χ0v) is 16.9. The second-order valence-electron chi connectivity index (χ2n) is 6.82. The number of carbonyl (C=O) groups excluding carboxylic acids is 1. The van der Waals surface area contributed by atoms with Gasteiger partial charge in [0, 0.05) is 6.42 Å². The lowest BCUT2D eigenvalue weighted by atomic mass is 9.99. The molecule has 1 unspecified atom stereocenters. The number of benzene rings is 2. The van der Waals surface area contributed by atoms with Gasteiger partial charge in [-0.25, -0.2) is 4.98 Å². The molecule has 1 aromatic heterocycles. The molecule has 1 amide bonds. The minimum atomic E-state index is -0.0235. The van der Waals surface area contributed by atoms with E-state index in [1.54, 1.807) is 0 Å². The molecule has 2 aromatic carbocycles. The largest absolute Gasteiger partial charge is 0.493 e. The van der Waals surface area contributed by atoms with E-state index in [0.717, 1.165) is 28.0 Å². The van der Waals surface area contributed by atoms with Crippen molar-refractivity contribution in [3.8, 4) is 5.75 Å². The molecule has 5 heteroatoms. The van der Waals surface area contributed by atoms with Crippen LogP contribution in [0, 0.1) is 6.92 Å². The number of amides is 1. The maximum atomic E-state index is 12.2. The van der Waals surface area contributed by atoms with E-state index >= 15 is 0 Å². The van der Waals surface area contributed by atoms with Gasteiger partial charge in [0.1, 0.15) is 5.75 Å². The highest BCUT2D eigenvalue weighted by Crippen LogP contribution is 2.30. The summed E-state index contributed by atoms with van der Waals surface area (Å²) < 4.78 is 6.86. The van der Waals surface area contributed by atoms with E-state index in [1.165, 1.54) is 16.9 Å². The summed E-state index contributed by atoms with van der Waals surface area (Å²) in [5.74, 6) is 1.38. The zero-order chi connectivity index (χ0) is 19.2. The van der Waals surface area contributed by atoms with Crippen LogP contribution in [0.2, 0.25) is 0 Å². The Hall–Kier alpha value is -2.40. The Balaban J connectivity index is 1.51. The van der Waals surface area contributed by atoms with Crippen molar-refractivity contribution in [1.82, 2.24) is 4.98 Å². The first kappa shape index (κ1) is 19.4. The fraction of sp³-hybridized carbons (Fsp3) is 0.364. The topological polar surface area (TPSA) is 51.2 Å². The van der Waals surface area contributed by atoms with Crippen LogP contribution in [-0.2, 0) is 4.79 Å². The maximum absolute atomic E-state index is 12.2. The molecule has 0 fully saturated rings. The first-order valence-corrected chi connectivity index (χ1v) is 10.3. The molecule has 3 aromatic rings. The second kappa shape index (κ2) is 9.00. The number of anilines is 1. The molecule has 3 rings (SSSR count). The van der Waals surface area contributed by atoms with Crippen LogP contribution in [0.4, 0.5) is 5.13 Å². The Morgan fingerprint density at radius 1 is 1.26 bits per heavy atom. The number of carbonyl (C=O) groups is 1. The zero-order valence-electron chi connectivity index (χ0n) is 16.1. The van der Waals surface area contributed by atoms with Gasteiger partial charge in [0.15, 0.2) is 5.13 Å². The molecular formula is C22H26N2O2S. The summed E-state index contributed by atoms with van der Waals surface area (Å²) in [7, 11) is 0. The van der Waals surface area contributed by atoms with E-state index in [2.05, 4.69) is 36.3 Å². The molecule has 4 nitrogen and oxygen atoms in total. The van der Waals surface area contributed by atoms with Crippen molar-refractivity contribution < 1.29 is 9.53 Å². The number of nitrogens with one attached hydrogen (secondary N) is 1. The molecule has 0 bridgehead atoms. The lowest BCUT2D eigenvalue weighted by molar-refractivity contribution is -0.116. The molecule has 1 atom stereocenters. The van der Waals surface area contributed by atoms with Crippen LogP contribution in [0.3, 0.4) is 0 Å². The Bertz CT molecular complexity index is 920. The molecule has 142 valence electrons. The molecule has 1 N–H and O–H groups in total. The van der Waals surface area contributed by atoms with E-state index < -0.39 is 0 Å². The quantitative estimate of drug-likeness (QED) is 0.492. The summed E-state index contributed by atoms with van der Waals surface area (Å²) in [4.78, 5) is 16.7. The summed E-state index contributed by atoms with van der Waals surface area (Å²) in [6, 6.07) is 14.3. The number of rotatable bonds is 8. The Morgan fingerprint density at radius 2 is 2.07 bits per heavy atom. The normalized spacial score (nSPS) is 12.1. The highest BCUT2D eigenvalue weighted by atomic mass is 32.1. The average molecular weight is 383 g/mol. The number of hydrogen-bond acceptors (Lipinski definition) is 4. The predicted molar refractivity (Wildman–Crippen MR) is 113 cm³/mol. The number of fused-ring (bicyclic) bond motifs is 1. The molecule has 0 aliphatic carbocycles. The van der Waals surface area contributed by atoms with E-state index in [1.807, 2.05) is 37.3 Å². The number of thiazole rings is 1. The fourth-order valence-electron chi connectivity index (χ4n) is 2.85. The fourth-order valence-corrected chi connectivity index (χ4v) is 3.78. The summed E-state index contributed by atoms with van der Waals surface area (Å²) in [6.07, 6.45) is 2.20. The van der Waals surface area contributed by atoms with Crippen molar-refractivity contribution in [1.29, 1.82) is 0 Å². The molecule has 0 saturated carbocycles. The first-order valence-electron chi connectivity index (χ1n) is 9.45. The minimum absolute atomic E-state index is 0.0235. The summed E-state index contributed by atoms with van der Waals surface area (Å²) in [5, 5.41) is 3.58. The van der Waals surface area contributed by atoms with Crippen LogP contribution in [0.1, 0.15) is 50.2 Å². The molecule has 27 heavy (non-hydrogen) atoms. The van der Waals surface area contributed by atoms with E-state index in [-0.39, 0.29) is 5.91 Å². The summed E-state index contributed by atoms with van der Waals surface area (Å²) in [6.45, 7) is 6.96. The summed E-state index contributed by atoms with van der Waals surface area (Å²) >= 11 is 1.53. The molecule has 0 saturated heterocycles. The number of ether oxygens (including phenoxy) is 1. The highest BCUT2D eigenvalue weighted by molar-refractivity contribution is 7.22. The number of aryl methyl sites for hydroxylation is 1. The first-order chi connectivity index (χ1) is 13.1. The third-order valence-corrected chi connectivity index (χ3v) is 5.67. The van der Waals surface area contributed by atoms with Crippen molar-refractivity contribution in [2.24, 2.45) is 0 Å². The van der Waals surface area contributed by atoms with Crippen LogP contribution in [0.25, 0.3) is 10.2 Å². The van der Waals surface area contributed by atoms with E-state index in [4.69, 9.17) is 4.74 Å². The van der Waals surface area contributed by atoms with Gasteiger partial charge in [0.05, 0.1) is 16.8 Å². The van der Waals surface area contributed by atoms with Gasteiger partial charge in [-0.3, -0.25) is 4.79 Å². The number of hydrogen-bond donors (Lipinski definition) is 1. The molecule has 0 spiro atoms. The monoisotopic (exact) mass is 382 g/mol. The molecular weight excluding hydrogens is 356 g/mol. The van der Waals surface area contributed by atoms with Crippen molar-refractivity contribution in [3.63, 3.8) is 0 Å². The van der Waals surface area contributed by atoms with E-state index in [0.29, 0.717) is 30.5 Å². The third-order valence-electron chi connectivity index (χ3n) is 4.74. The van der Waals surface area contributed by atoms with Gasteiger partial charge in [0.25, 0.3) is 0 Å². The Morgan fingerprint density at radius 3 is 2.85 bits per heavy atom. The Labute approximate surface area is 164 Å². The maximum Gasteiger partial charge on any atom is 0.226 e. The van der Waals surface area contributed by atoms with Gasteiger partial charge < -0.3 is 10.1 Å². The van der Waals surface area contributed by atoms with Gasteiger partial charge in [-0.1, -0.05) is 49.4 Å². The van der Waals surface area contributed by atoms with Crippen LogP contribution in [0.15, 0.2) is 42.5 Å². The number of para-hydroxylation sites is 1. The lowest BCUT2D eigenvalue weighted by Gasteiger charge is -2.08. The molecule has 0 aliphatic heterocycles. The number of nitrogens with zero attached hydrogens (tertiary/aromatic N) is 1. The predicted octanol–water partition coefficient (Wildman–Crippen LogP) is 5.92. The van der Waals surface area contributed by atoms with Crippen molar-refractivity contribution >= 4 is 32.6 Å². The minimum Gasteiger partial charge on any atom is -0.493 e. The van der Waals surface area contributed by atoms with Gasteiger partial charge in [-0.05, 0) is 55.0 Å². The Kier molecular flexibility index (Phi) is 6.45. The molecule has 1 heterocycles. The van der Waals surface area contributed by atoms with Gasteiger partial charge >= 0.3 is 0 Å². The standard InChI is InChI=1S/C22H26N2O2S/c1-4-15(2)17-11-12-18-20(14-17)27-22(23-18)24-21(25)10-7-13-26-19-9-6-5-8-16(19)3/h5-6,8-9,11-12,14-15H,4,7,10,13H2,1-3H3,(H,23,24,25). The molecule has 0 radical (unpaired) electrons. The van der Waals surface area contributed by atoms with Crippen molar-refractivity contribution in [3.05, 3.63) is 53.6 Å².